The largest absolute Gasteiger partial charge is 0.385 e. The van der Waals surface area contributed by atoms with E-state index in [1.807, 2.05) is 6.20 Å². The number of aromatic nitrogens is 2. The van der Waals surface area contributed by atoms with Gasteiger partial charge in [0.05, 0.1) is 0 Å². The van der Waals surface area contributed by atoms with E-state index in [1.54, 1.807) is 0 Å². The van der Waals surface area contributed by atoms with Crippen LogP contribution >= 0.6 is 0 Å². The van der Waals surface area contributed by atoms with Gasteiger partial charge in [0.1, 0.15) is 5.82 Å². The van der Waals surface area contributed by atoms with E-state index in [0.717, 1.165) is 25.9 Å². The molecule has 0 aliphatic carbocycles. The van der Waals surface area contributed by atoms with Crippen LogP contribution in [-0.2, 0) is 25.8 Å². The Balaban J connectivity index is 1.70. The summed E-state index contributed by atoms with van der Waals surface area (Å²) in [6.07, 6.45) is 8.51. The molecule has 0 fully saturated rings. The van der Waals surface area contributed by atoms with E-state index in [2.05, 4.69) is 46.2 Å². The fraction of sp³-hybridized carbons (Fsp3) is 0.438. The van der Waals surface area contributed by atoms with Crippen LogP contribution in [0, 0.1) is 0 Å². The van der Waals surface area contributed by atoms with E-state index in [9.17, 15) is 0 Å². The maximum atomic E-state index is 4.44. The van der Waals surface area contributed by atoms with Crippen molar-refractivity contribution in [1.29, 1.82) is 0 Å². The SMILES string of the molecule is CCn1ccnc1CCc1ccc2c(c1)CCCN2. The van der Waals surface area contributed by atoms with Crippen LogP contribution in [0.15, 0.2) is 30.6 Å². The lowest BCUT2D eigenvalue weighted by molar-refractivity contribution is 0.689. The molecule has 19 heavy (non-hydrogen) atoms. The first kappa shape index (κ1) is 12.3. The molecule has 100 valence electrons. The molecule has 2 heterocycles. The van der Waals surface area contributed by atoms with Crippen molar-refractivity contribution in [1.82, 2.24) is 9.55 Å². The van der Waals surface area contributed by atoms with Gasteiger partial charge < -0.3 is 9.88 Å². The smallest absolute Gasteiger partial charge is 0.108 e. The van der Waals surface area contributed by atoms with E-state index in [4.69, 9.17) is 0 Å². The van der Waals surface area contributed by atoms with Crippen LogP contribution in [0.1, 0.15) is 30.3 Å². The lowest BCUT2D eigenvalue weighted by Gasteiger charge is -2.18. The Morgan fingerprint density at radius 1 is 1.32 bits per heavy atom. The van der Waals surface area contributed by atoms with Crippen molar-refractivity contribution in [2.45, 2.75) is 39.2 Å². The Bertz CT molecular complexity index is 557. The molecule has 0 saturated carbocycles. The number of rotatable bonds is 4. The van der Waals surface area contributed by atoms with Crippen LogP contribution in [0.5, 0.6) is 0 Å². The standard InChI is InChI=1S/C16H21N3/c1-2-19-11-10-18-16(19)8-6-13-5-7-15-14(12-13)4-3-9-17-15/h5,7,10-12,17H,2-4,6,8-9H2,1H3. The van der Waals surface area contributed by atoms with E-state index in [-0.39, 0.29) is 0 Å². The van der Waals surface area contributed by atoms with E-state index < -0.39 is 0 Å². The van der Waals surface area contributed by atoms with Gasteiger partial charge in [-0.1, -0.05) is 12.1 Å². The number of nitrogens with one attached hydrogen (secondary N) is 1. The summed E-state index contributed by atoms with van der Waals surface area (Å²) in [4.78, 5) is 4.44. The molecule has 1 aliphatic heterocycles. The molecule has 0 bridgehead atoms. The van der Waals surface area contributed by atoms with Crippen molar-refractivity contribution in [3.63, 3.8) is 0 Å². The minimum atomic E-state index is 1.00. The molecule has 2 aromatic rings. The third-order valence-corrected chi connectivity index (χ3v) is 3.89. The first-order chi connectivity index (χ1) is 9.36. The number of benzene rings is 1. The van der Waals surface area contributed by atoms with Crippen molar-refractivity contribution >= 4 is 5.69 Å². The molecular weight excluding hydrogens is 234 g/mol. The monoisotopic (exact) mass is 255 g/mol. The molecule has 1 aromatic heterocycles. The maximum Gasteiger partial charge on any atom is 0.108 e. The van der Waals surface area contributed by atoms with E-state index in [0.29, 0.717) is 0 Å². The Kier molecular flexibility index (Phi) is 3.53. The van der Waals surface area contributed by atoms with Gasteiger partial charge in [-0.05, 0) is 43.4 Å². The Labute approximate surface area is 114 Å². The highest BCUT2D eigenvalue weighted by Crippen LogP contribution is 2.23. The summed E-state index contributed by atoms with van der Waals surface area (Å²) in [6, 6.07) is 6.84. The molecule has 0 atom stereocenters. The second-order valence-corrected chi connectivity index (χ2v) is 5.15. The van der Waals surface area contributed by atoms with E-state index in [1.165, 1.54) is 35.5 Å². The van der Waals surface area contributed by atoms with Crippen LogP contribution in [0.3, 0.4) is 0 Å². The predicted molar refractivity (Wildman–Crippen MR) is 78.6 cm³/mol. The average Bonchev–Trinajstić information content (AvgIpc) is 2.92. The number of nitrogens with zero attached hydrogens (tertiary/aromatic N) is 2. The summed E-state index contributed by atoms with van der Waals surface area (Å²) in [5.41, 5.74) is 4.22. The highest BCUT2D eigenvalue weighted by atomic mass is 15.0. The first-order valence-corrected chi connectivity index (χ1v) is 7.22. The van der Waals surface area contributed by atoms with Gasteiger partial charge in [0.15, 0.2) is 0 Å². The molecule has 3 nitrogen and oxygen atoms in total. The number of hydrogen-bond acceptors (Lipinski definition) is 2. The molecule has 1 aromatic carbocycles. The highest BCUT2D eigenvalue weighted by Gasteiger charge is 2.09. The van der Waals surface area contributed by atoms with Gasteiger partial charge in [0.2, 0.25) is 0 Å². The molecule has 0 unspecified atom stereocenters. The molecule has 3 heteroatoms. The van der Waals surface area contributed by atoms with Gasteiger partial charge in [-0.3, -0.25) is 0 Å². The van der Waals surface area contributed by atoms with Crippen LogP contribution in [0.25, 0.3) is 0 Å². The Hall–Kier alpha value is -1.77. The topological polar surface area (TPSA) is 29.9 Å². The fourth-order valence-corrected chi connectivity index (χ4v) is 2.80. The molecule has 1 N–H and O–H groups in total. The lowest BCUT2D eigenvalue weighted by atomic mass is 9.99. The van der Waals surface area contributed by atoms with Crippen molar-refractivity contribution in [3.05, 3.63) is 47.5 Å². The quantitative estimate of drug-likeness (QED) is 0.910. The third-order valence-electron chi connectivity index (χ3n) is 3.89. The molecule has 0 spiro atoms. The Morgan fingerprint density at radius 2 is 2.26 bits per heavy atom. The molecule has 3 rings (SSSR count). The van der Waals surface area contributed by atoms with Crippen molar-refractivity contribution in [2.75, 3.05) is 11.9 Å². The van der Waals surface area contributed by atoms with Gasteiger partial charge in [-0.25, -0.2) is 4.98 Å². The average molecular weight is 255 g/mol. The summed E-state index contributed by atoms with van der Waals surface area (Å²) >= 11 is 0. The predicted octanol–water partition coefficient (Wildman–Crippen LogP) is 3.05. The summed E-state index contributed by atoms with van der Waals surface area (Å²) in [5.74, 6) is 1.19. The number of aryl methyl sites for hydroxylation is 4. The third kappa shape index (κ3) is 2.65. The summed E-state index contributed by atoms with van der Waals surface area (Å²) in [7, 11) is 0. The maximum absolute atomic E-state index is 4.44. The van der Waals surface area contributed by atoms with Crippen molar-refractivity contribution in [3.8, 4) is 0 Å². The first-order valence-electron chi connectivity index (χ1n) is 7.22. The summed E-state index contributed by atoms with van der Waals surface area (Å²) < 4.78 is 2.22. The lowest BCUT2D eigenvalue weighted by Crippen LogP contribution is -2.12. The number of fused-ring (bicyclic) bond motifs is 1. The molecule has 0 saturated heterocycles. The van der Waals surface area contributed by atoms with Crippen LogP contribution in [0.2, 0.25) is 0 Å². The minimum absolute atomic E-state index is 1.00. The molecule has 1 aliphatic rings. The van der Waals surface area contributed by atoms with Gasteiger partial charge in [0.25, 0.3) is 0 Å². The number of anilines is 1. The van der Waals surface area contributed by atoms with Gasteiger partial charge in [-0.15, -0.1) is 0 Å². The van der Waals surface area contributed by atoms with Gasteiger partial charge >= 0.3 is 0 Å². The normalized spacial score (nSPS) is 13.9. The van der Waals surface area contributed by atoms with Crippen molar-refractivity contribution in [2.24, 2.45) is 0 Å². The van der Waals surface area contributed by atoms with E-state index >= 15 is 0 Å². The van der Waals surface area contributed by atoms with Crippen LogP contribution in [0.4, 0.5) is 5.69 Å². The van der Waals surface area contributed by atoms with Gasteiger partial charge in [-0.2, -0.15) is 0 Å². The molecular formula is C16H21N3. The highest BCUT2D eigenvalue weighted by molar-refractivity contribution is 5.54. The van der Waals surface area contributed by atoms with Gasteiger partial charge in [0, 0.05) is 37.6 Å². The summed E-state index contributed by atoms with van der Waals surface area (Å²) in [5, 5.41) is 3.46. The number of hydrogen-bond donors (Lipinski definition) is 1. The van der Waals surface area contributed by atoms with Crippen LogP contribution in [-0.4, -0.2) is 16.1 Å². The zero-order valence-electron chi connectivity index (χ0n) is 11.5. The fourth-order valence-electron chi connectivity index (χ4n) is 2.80. The van der Waals surface area contributed by atoms with Crippen LogP contribution < -0.4 is 5.32 Å². The molecule has 0 amide bonds. The minimum Gasteiger partial charge on any atom is -0.385 e. The number of imidazole rings is 1. The summed E-state index contributed by atoms with van der Waals surface area (Å²) in [6.45, 7) is 4.28. The second-order valence-electron chi connectivity index (χ2n) is 5.15. The Morgan fingerprint density at radius 3 is 3.16 bits per heavy atom. The zero-order chi connectivity index (χ0) is 13.1. The van der Waals surface area contributed by atoms with Crippen molar-refractivity contribution < 1.29 is 0 Å². The molecule has 0 radical (unpaired) electrons. The second kappa shape index (κ2) is 5.47. The zero-order valence-corrected chi connectivity index (χ0v) is 11.5.